The van der Waals surface area contributed by atoms with E-state index in [-0.39, 0.29) is 17.4 Å². The van der Waals surface area contributed by atoms with Gasteiger partial charge in [-0.15, -0.1) is 10.2 Å². The van der Waals surface area contributed by atoms with Gasteiger partial charge < -0.3 is 19.4 Å². The standard InChI is InChI=1S/C22H29N5O3/c28-21(24-17-4-2-1-3-5-17)27-14-18(22(15-27)8-12-29-13-9-22)20-26-25-19(30-20)16-6-10-23-11-7-16/h6-7,10-11,17-18H,1-5,8-9,12-15H2,(H,24,28). The van der Waals surface area contributed by atoms with Gasteiger partial charge in [0.15, 0.2) is 0 Å². The van der Waals surface area contributed by atoms with Gasteiger partial charge in [-0.25, -0.2) is 4.79 Å². The van der Waals surface area contributed by atoms with E-state index in [4.69, 9.17) is 9.15 Å². The van der Waals surface area contributed by atoms with Gasteiger partial charge in [-0.05, 0) is 37.8 Å². The Hall–Kier alpha value is -2.48. The van der Waals surface area contributed by atoms with Crippen LogP contribution in [0.15, 0.2) is 28.9 Å². The van der Waals surface area contributed by atoms with Crippen molar-refractivity contribution in [3.8, 4) is 11.5 Å². The number of carbonyl (C=O) groups excluding carboxylic acids is 1. The van der Waals surface area contributed by atoms with E-state index in [0.717, 1.165) is 31.2 Å². The maximum absolute atomic E-state index is 13.1. The fourth-order valence-electron chi connectivity index (χ4n) is 5.25. The van der Waals surface area contributed by atoms with Gasteiger partial charge in [-0.3, -0.25) is 4.98 Å². The first kappa shape index (κ1) is 19.5. The largest absolute Gasteiger partial charge is 0.420 e. The molecule has 1 N–H and O–H groups in total. The molecule has 1 unspecified atom stereocenters. The van der Waals surface area contributed by atoms with E-state index >= 15 is 0 Å². The molecule has 3 aliphatic rings. The average molecular weight is 412 g/mol. The first-order valence-electron chi connectivity index (χ1n) is 11.1. The summed E-state index contributed by atoms with van der Waals surface area (Å²) in [4.78, 5) is 19.1. The third kappa shape index (κ3) is 3.80. The average Bonchev–Trinajstić information content (AvgIpc) is 3.41. The van der Waals surface area contributed by atoms with Crippen molar-refractivity contribution in [2.75, 3.05) is 26.3 Å². The predicted molar refractivity (Wildman–Crippen MR) is 110 cm³/mol. The van der Waals surface area contributed by atoms with Crippen molar-refractivity contribution in [2.45, 2.75) is 56.9 Å². The van der Waals surface area contributed by atoms with E-state index in [0.29, 0.717) is 44.1 Å². The van der Waals surface area contributed by atoms with Gasteiger partial charge in [0.25, 0.3) is 0 Å². The molecule has 160 valence electrons. The molecule has 30 heavy (non-hydrogen) atoms. The lowest BCUT2D eigenvalue weighted by Crippen LogP contribution is -2.45. The van der Waals surface area contributed by atoms with E-state index in [1.54, 1.807) is 12.4 Å². The van der Waals surface area contributed by atoms with Crippen LogP contribution in [0.2, 0.25) is 0 Å². The third-order valence-corrected chi connectivity index (χ3v) is 7.02. The highest BCUT2D eigenvalue weighted by molar-refractivity contribution is 5.75. The summed E-state index contributed by atoms with van der Waals surface area (Å²) in [5, 5.41) is 11.9. The van der Waals surface area contributed by atoms with Crippen LogP contribution in [0.4, 0.5) is 4.79 Å². The highest BCUT2D eigenvalue weighted by Gasteiger charge is 2.51. The molecule has 2 amide bonds. The van der Waals surface area contributed by atoms with Gasteiger partial charge in [0.05, 0.1) is 5.92 Å². The summed E-state index contributed by atoms with van der Waals surface area (Å²) in [7, 11) is 0. The smallest absolute Gasteiger partial charge is 0.317 e. The molecule has 4 heterocycles. The maximum Gasteiger partial charge on any atom is 0.317 e. The second kappa shape index (κ2) is 8.34. The minimum absolute atomic E-state index is 0.0293. The van der Waals surface area contributed by atoms with Crippen LogP contribution < -0.4 is 5.32 Å². The summed E-state index contributed by atoms with van der Waals surface area (Å²) < 4.78 is 11.7. The monoisotopic (exact) mass is 411 g/mol. The van der Waals surface area contributed by atoms with E-state index in [2.05, 4.69) is 20.5 Å². The van der Waals surface area contributed by atoms with Crippen molar-refractivity contribution in [1.82, 2.24) is 25.4 Å². The minimum Gasteiger partial charge on any atom is -0.420 e. The quantitative estimate of drug-likeness (QED) is 0.832. The molecule has 1 spiro atoms. The zero-order valence-electron chi connectivity index (χ0n) is 17.3. The molecule has 0 bridgehead atoms. The summed E-state index contributed by atoms with van der Waals surface area (Å²) in [5.41, 5.74) is 0.791. The van der Waals surface area contributed by atoms with Crippen LogP contribution in [0.5, 0.6) is 0 Å². The number of nitrogens with one attached hydrogen (secondary N) is 1. The highest BCUT2D eigenvalue weighted by atomic mass is 16.5. The number of hydrogen-bond acceptors (Lipinski definition) is 6. The molecule has 0 aromatic carbocycles. The Morgan fingerprint density at radius 1 is 1.10 bits per heavy atom. The Labute approximate surface area is 176 Å². The third-order valence-electron chi connectivity index (χ3n) is 7.02. The minimum atomic E-state index is -0.0653. The number of aromatic nitrogens is 3. The van der Waals surface area contributed by atoms with Crippen LogP contribution in [-0.4, -0.2) is 58.5 Å². The SMILES string of the molecule is O=C(NC1CCCCC1)N1CC(c2nnc(-c3ccncc3)o2)C2(CCOCC2)C1. The molecule has 8 nitrogen and oxygen atoms in total. The van der Waals surface area contributed by atoms with Crippen molar-refractivity contribution in [1.29, 1.82) is 0 Å². The molecule has 5 rings (SSSR count). The molecular formula is C22H29N5O3. The fraction of sp³-hybridized carbons (Fsp3) is 0.636. The summed E-state index contributed by atoms with van der Waals surface area (Å²) in [6.45, 7) is 2.74. The molecule has 2 aliphatic heterocycles. The van der Waals surface area contributed by atoms with E-state index in [9.17, 15) is 4.79 Å². The zero-order chi connectivity index (χ0) is 20.4. The Balaban J connectivity index is 1.36. The number of amides is 2. The van der Waals surface area contributed by atoms with Crippen LogP contribution in [0.1, 0.15) is 56.8 Å². The number of urea groups is 1. The number of rotatable bonds is 3. The fourth-order valence-corrected chi connectivity index (χ4v) is 5.25. The molecule has 1 saturated carbocycles. The summed E-state index contributed by atoms with van der Waals surface area (Å²) in [6, 6.07) is 4.07. The van der Waals surface area contributed by atoms with E-state index in [1.807, 2.05) is 17.0 Å². The predicted octanol–water partition coefficient (Wildman–Crippen LogP) is 3.37. The molecule has 3 fully saturated rings. The molecule has 8 heteroatoms. The Morgan fingerprint density at radius 3 is 2.63 bits per heavy atom. The van der Waals surface area contributed by atoms with E-state index in [1.165, 1.54) is 19.3 Å². The molecule has 1 atom stereocenters. The van der Waals surface area contributed by atoms with Crippen molar-refractivity contribution >= 4 is 6.03 Å². The normalized spacial score (nSPS) is 24.3. The first-order chi connectivity index (χ1) is 14.7. The number of ether oxygens (including phenoxy) is 1. The van der Waals surface area contributed by atoms with Gasteiger partial charge in [-0.1, -0.05) is 19.3 Å². The maximum atomic E-state index is 13.1. The second-order valence-electron chi connectivity index (χ2n) is 8.87. The van der Waals surface area contributed by atoms with Crippen LogP contribution in [0.3, 0.4) is 0 Å². The van der Waals surface area contributed by atoms with Crippen molar-refractivity contribution < 1.29 is 13.9 Å². The van der Waals surface area contributed by atoms with Crippen LogP contribution in [0, 0.1) is 5.41 Å². The number of likely N-dealkylation sites (tertiary alicyclic amines) is 1. The number of nitrogens with zero attached hydrogens (tertiary/aromatic N) is 4. The molecule has 1 aliphatic carbocycles. The number of carbonyl (C=O) groups is 1. The van der Waals surface area contributed by atoms with Crippen LogP contribution >= 0.6 is 0 Å². The van der Waals surface area contributed by atoms with Crippen molar-refractivity contribution in [3.63, 3.8) is 0 Å². The number of pyridine rings is 1. The molecular weight excluding hydrogens is 382 g/mol. The Bertz CT molecular complexity index is 859. The van der Waals surface area contributed by atoms with Crippen molar-refractivity contribution in [2.24, 2.45) is 5.41 Å². The topological polar surface area (TPSA) is 93.4 Å². The summed E-state index contributed by atoms with van der Waals surface area (Å²) >= 11 is 0. The lowest BCUT2D eigenvalue weighted by Gasteiger charge is -2.36. The summed E-state index contributed by atoms with van der Waals surface area (Å²) in [6.07, 6.45) is 11.1. The van der Waals surface area contributed by atoms with Crippen molar-refractivity contribution in [3.05, 3.63) is 30.4 Å². The highest BCUT2D eigenvalue weighted by Crippen LogP contribution is 2.49. The lowest BCUT2D eigenvalue weighted by molar-refractivity contribution is 0.0101. The van der Waals surface area contributed by atoms with Gasteiger partial charge in [0.1, 0.15) is 0 Å². The van der Waals surface area contributed by atoms with Gasteiger partial charge in [-0.2, -0.15) is 0 Å². The number of hydrogen-bond donors (Lipinski definition) is 1. The Morgan fingerprint density at radius 2 is 1.87 bits per heavy atom. The molecule has 0 radical (unpaired) electrons. The molecule has 2 aromatic heterocycles. The van der Waals surface area contributed by atoms with Crippen LogP contribution in [0.25, 0.3) is 11.5 Å². The van der Waals surface area contributed by atoms with Crippen LogP contribution in [-0.2, 0) is 4.74 Å². The lowest BCUT2D eigenvalue weighted by atomic mass is 9.72. The van der Waals surface area contributed by atoms with Gasteiger partial charge in [0, 0.05) is 55.7 Å². The van der Waals surface area contributed by atoms with E-state index < -0.39 is 0 Å². The second-order valence-corrected chi connectivity index (χ2v) is 8.87. The van der Waals surface area contributed by atoms with Gasteiger partial charge in [0.2, 0.25) is 11.8 Å². The summed E-state index contributed by atoms with van der Waals surface area (Å²) in [5.74, 6) is 1.15. The first-order valence-corrected chi connectivity index (χ1v) is 11.1. The molecule has 2 aromatic rings. The zero-order valence-corrected chi connectivity index (χ0v) is 17.3. The van der Waals surface area contributed by atoms with Gasteiger partial charge >= 0.3 is 6.03 Å². The Kier molecular flexibility index (Phi) is 5.41. The molecule has 2 saturated heterocycles.